The van der Waals surface area contributed by atoms with Crippen LogP contribution in [-0.4, -0.2) is 21.4 Å². The summed E-state index contributed by atoms with van der Waals surface area (Å²) in [5.74, 6) is -0.279. The molecule has 1 aromatic carbocycles. The smallest absolute Gasteiger partial charge is 0.269 e. The zero-order valence-corrected chi connectivity index (χ0v) is 14.5. The van der Waals surface area contributed by atoms with Crippen molar-refractivity contribution in [3.63, 3.8) is 0 Å². The number of aromatic nitrogens is 1. The molecule has 1 aromatic heterocycles. The van der Waals surface area contributed by atoms with Gasteiger partial charge in [-0.2, -0.15) is 0 Å². The molecular weight excluding hydrogens is 330 g/mol. The molecule has 2 aromatic rings. The quantitative estimate of drug-likeness (QED) is 0.475. The molecule has 1 heterocycles. The molecule has 0 amide bonds. The van der Waals surface area contributed by atoms with Crippen LogP contribution < -0.4 is 5.49 Å². The van der Waals surface area contributed by atoms with Gasteiger partial charge in [-0.1, -0.05) is 37.5 Å². The first-order valence-corrected chi connectivity index (χ1v) is 8.82. The van der Waals surface area contributed by atoms with Crippen molar-refractivity contribution in [1.82, 2.24) is 4.57 Å². The number of hydrogen-bond acceptors (Lipinski definition) is 4. The Labute approximate surface area is 151 Å². The number of nitro groups is 1. The lowest BCUT2D eigenvalue weighted by atomic mass is 9.96. The van der Waals surface area contributed by atoms with Crippen molar-refractivity contribution in [3.8, 4) is 0 Å². The normalized spacial score (nSPS) is 16.1. The largest absolute Gasteiger partial charge is 0.276 e. The van der Waals surface area contributed by atoms with E-state index < -0.39 is 4.92 Å². The molecule has 1 aliphatic carbocycles. The van der Waals surface area contributed by atoms with Gasteiger partial charge in [-0.25, -0.2) is 0 Å². The van der Waals surface area contributed by atoms with Crippen LogP contribution in [0.1, 0.15) is 42.5 Å². The van der Waals surface area contributed by atoms with Crippen LogP contribution >= 0.6 is 0 Å². The molecule has 1 saturated carbocycles. The molecule has 0 unspecified atom stereocenters. The zero-order valence-electron chi connectivity index (χ0n) is 14.5. The van der Waals surface area contributed by atoms with E-state index in [2.05, 4.69) is 0 Å². The summed E-state index contributed by atoms with van der Waals surface area (Å²) in [6.07, 6.45) is 10.2. The lowest BCUT2D eigenvalue weighted by molar-refractivity contribution is -0.385. The second-order valence-corrected chi connectivity index (χ2v) is 6.34. The summed E-state index contributed by atoms with van der Waals surface area (Å²) in [6.45, 7) is 0. The summed E-state index contributed by atoms with van der Waals surface area (Å²) in [5, 5.41) is 11.1. The van der Waals surface area contributed by atoms with Gasteiger partial charge in [0.1, 0.15) is 5.49 Å². The standard InChI is InChI=1S/C20H21N3O3/c24-20(14-13-16-8-4-5-11-18(16)23(25)26)22-15-7-6-12-19(22)21-17-9-2-1-3-10-17/h4-8,11-15,17H,1-3,9-10H2/b14-13+,21-19?. The van der Waals surface area contributed by atoms with Crippen LogP contribution in [0, 0.1) is 10.1 Å². The lowest BCUT2D eigenvalue weighted by Crippen LogP contribution is -2.27. The number of allylic oxidation sites excluding steroid dienone is 1. The number of carbonyl (C=O) groups excluding carboxylic acids is 1. The number of nitrogens with zero attached hydrogens (tertiary/aromatic N) is 3. The van der Waals surface area contributed by atoms with Crippen LogP contribution in [-0.2, 0) is 0 Å². The van der Waals surface area contributed by atoms with Gasteiger partial charge in [0.25, 0.3) is 11.6 Å². The highest BCUT2D eigenvalue weighted by Gasteiger charge is 2.13. The predicted molar refractivity (Wildman–Crippen MR) is 99.6 cm³/mol. The van der Waals surface area contributed by atoms with Crippen LogP contribution in [0.25, 0.3) is 6.08 Å². The minimum Gasteiger partial charge on any atom is -0.269 e. The van der Waals surface area contributed by atoms with E-state index in [9.17, 15) is 14.9 Å². The average Bonchev–Trinajstić information content (AvgIpc) is 2.67. The molecule has 0 N–H and O–H groups in total. The molecule has 0 atom stereocenters. The fourth-order valence-corrected chi connectivity index (χ4v) is 3.16. The van der Waals surface area contributed by atoms with E-state index in [-0.39, 0.29) is 17.6 Å². The summed E-state index contributed by atoms with van der Waals surface area (Å²) in [5.41, 5.74) is 0.992. The molecule has 6 nitrogen and oxygen atoms in total. The molecule has 1 aliphatic rings. The number of benzene rings is 1. The number of para-hydroxylation sites is 1. The third-order valence-corrected chi connectivity index (χ3v) is 4.50. The molecule has 0 radical (unpaired) electrons. The second kappa shape index (κ2) is 8.38. The Morgan fingerprint density at radius 3 is 2.62 bits per heavy atom. The Bertz CT molecular complexity index is 893. The van der Waals surface area contributed by atoms with Crippen LogP contribution in [0.5, 0.6) is 0 Å². The van der Waals surface area contributed by atoms with E-state index >= 15 is 0 Å². The molecule has 0 saturated heterocycles. The van der Waals surface area contributed by atoms with Crippen molar-refractivity contribution < 1.29 is 9.72 Å². The molecule has 0 bridgehead atoms. The number of nitro benzene ring substituents is 1. The SMILES string of the molecule is O=C(/C=C/c1ccccc1[N+](=O)[O-])n1ccccc1=NC1CCCCC1. The van der Waals surface area contributed by atoms with E-state index in [1.807, 2.05) is 12.1 Å². The van der Waals surface area contributed by atoms with Crippen LogP contribution in [0.4, 0.5) is 5.69 Å². The van der Waals surface area contributed by atoms with E-state index in [0.717, 1.165) is 12.8 Å². The molecule has 134 valence electrons. The van der Waals surface area contributed by atoms with Gasteiger partial charge in [-0.3, -0.25) is 24.5 Å². The Morgan fingerprint density at radius 2 is 1.85 bits per heavy atom. The zero-order chi connectivity index (χ0) is 18.4. The Balaban J connectivity index is 1.87. The van der Waals surface area contributed by atoms with E-state index in [1.165, 1.54) is 42.0 Å². The average molecular weight is 351 g/mol. The number of rotatable bonds is 4. The highest BCUT2D eigenvalue weighted by atomic mass is 16.6. The third kappa shape index (κ3) is 4.33. The molecule has 0 aliphatic heterocycles. The van der Waals surface area contributed by atoms with Crippen molar-refractivity contribution in [2.24, 2.45) is 4.99 Å². The molecule has 6 heteroatoms. The first-order chi connectivity index (χ1) is 12.6. The topological polar surface area (TPSA) is 77.5 Å². The van der Waals surface area contributed by atoms with Crippen molar-refractivity contribution in [2.75, 3.05) is 0 Å². The van der Waals surface area contributed by atoms with Crippen LogP contribution in [0.15, 0.2) is 59.7 Å². The second-order valence-electron chi connectivity index (χ2n) is 6.34. The fourth-order valence-electron chi connectivity index (χ4n) is 3.16. The lowest BCUT2D eigenvalue weighted by Gasteiger charge is -2.17. The van der Waals surface area contributed by atoms with Crippen molar-refractivity contribution >= 4 is 17.7 Å². The fraction of sp³-hybridized carbons (Fsp3) is 0.300. The van der Waals surface area contributed by atoms with Gasteiger partial charge in [0.05, 0.1) is 16.5 Å². The van der Waals surface area contributed by atoms with Gasteiger partial charge >= 0.3 is 0 Å². The van der Waals surface area contributed by atoms with Gasteiger partial charge in [0.2, 0.25) is 0 Å². The highest BCUT2D eigenvalue weighted by molar-refractivity contribution is 5.94. The van der Waals surface area contributed by atoms with Gasteiger partial charge in [-0.15, -0.1) is 0 Å². The minimum atomic E-state index is -0.455. The first-order valence-electron chi connectivity index (χ1n) is 8.82. The highest BCUT2D eigenvalue weighted by Crippen LogP contribution is 2.20. The Hall–Kier alpha value is -3.02. The molecule has 0 spiro atoms. The van der Waals surface area contributed by atoms with Gasteiger partial charge in [0.15, 0.2) is 0 Å². The Kier molecular flexibility index (Phi) is 5.73. The summed E-state index contributed by atoms with van der Waals surface area (Å²) in [7, 11) is 0. The maximum absolute atomic E-state index is 12.6. The molecular formula is C20H21N3O3. The maximum atomic E-state index is 12.6. The molecule has 26 heavy (non-hydrogen) atoms. The van der Waals surface area contributed by atoms with E-state index in [1.54, 1.807) is 30.5 Å². The Morgan fingerprint density at radius 1 is 1.12 bits per heavy atom. The molecule has 1 fully saturated rings. The third-order valence-electron chi connectivity index (χ3n) is 4.50. The summed E-state index contributed by atoms with van der Waals surface area (Å²) in [4.78, 5) is 28.0. The van der Waals surface area contributed by atoms with Gasteiger partial charge in [-0.05, 0) is 37.1 Å². The summed E-state index contributed by atoms with van der Waals surface area (Å²) >= 11 is 0. The summed E-state index contributed by atoms with van der Waals surface area (Å²) < 4.78 is 1.49. The van der Waals surface area contributed by atoms with Crippen molar-refractivity contribution in [3.05, 3.63) is 75.9 Å². The molecule has 3 rings (SSSR count). The minimum absolute atomic E-state index is 0.0262. The number of pyridine rings is 1. The van der Waals surface area contributed by atoms with Crippen LogP contribution in [0.2, 0.25) is 0 Å². The van der Waals surface area contributed by atoms with Crippen LogP contribution in [0.3, 0.4) is 0 Å². The van der Waals surface area contributed by atoms with Gasteiger partial charge < -0.3 is 0 Å². The van der Waals surface area contributed by atoms with Gasteiger partial charge in [0, 0.05) is 18.3 Å². The van der Waals surface area contributed by atoms with Crippen molar-refractivity contribution in [1.29, 1.82) is 0 Å². The maximum Gasteiger partial charge on any atom is 0.276 e. The van der Waals surface area contributed by atoms with E-state index in [4.69, 9.17) is 4.99 Å². The summed E-state index contributed by atoms with van der Waals surface area (Å²) in [6, 6.07) is 12.1. The predicted octanol–water partition coefficient (Wildman–Crippen LogP) is 3.98. The van der Waals surface area contributed by atoms with E-state index in [0.29, 0.717) is 11.1 Å². The first kappa shape index (κ1) is 17.8. The van der Waals surface area contributed by atoms with Crippen molar-refractivity contribution in [2.45, 2.75) is 38.1 Å². The number of hydrogen-bond donors (Lipinski definition) is 0. The number of carbonyl (C=O) groups is 1. The monoisotopic (exact) mass is 351 g/mol.